The number of nitrogens with one attached hydrogen (secondary N) is 1. The topological polar surface area (TPSA) is 77.2 Å². The third-order valence-electron chi connectivity index (χ3n) is 3.81. The molecule has 1 N–H and O–H groups in total. The van der Waals surface area contributed by atoms with Gasteiger partial charge in [-0.05, 0) is 35.0 Å². The first kappa shape index (κ1) is 17.1. The van der Waals surface area contributed by atoms with E-state index in [1.165, 1.54) is 0 Å². The molecule has 3 heterocycles. The van der Waals surface area contributed by atoms with Gasteiger partial charge in [0.1, 0.15) is 12.4 Å². The van der Waals surface area contributed by atoms with E-state index in [0.717, 1.165) is 43.7 Å². The molecule has 0 saturated carbocycles. The first-order valence-electron chi connectivity index (χ1n) is 8.00. The van der Waals surface area contributed by atoms with Crippen molar-refractivity contribution in [3.05, 3.63) is 34.8 Å². The van der Waals surface area contributed by atoms with Gasteiger partial charge >= 0.3 is 0 Å². The Morgan fingerprint density at radius 2 is 2.17 bits per heavy atom. The van der Waals surface area contributed by atoms with Gasteiger partial charge in [0.05, 0.1) is 23.9 Å². The van der Waals surface area contributed by atoms with E-state index in [0.29, 0.717) is 18.9 Å². The second-order valence-corrected chi connectivity index (χ2v) is 6.56. The Bertz CT molecular complexity index is 664. The standard InChI is InChI=1S/C15H21BrN6O2/c16-13-10-18-22(11-13)12-21-5-2-14(19-21)15(23)17-3-1-4-20-6-8-24-9-7-20/h2,5,10-11H,1,3-4,6-9,12H2,(H,17,23). The van der Waals surface area contributed by atoms with Gasteiger partial charge in [0, 0.05) is 32.0 Å². The molecule has 0 atom stereocenters. The van der Waals surface area contributed by atoms with Gasteiger partial charge in [-0.15, -0.1) is 0 Å². The first-order chi connectivity index (χ1) is 11.7. The summed E-state index contributed by atoms with van der Waals surface area (Å²) < 4.78 is 9.65. The zero-order chi connectivity index (χ0) is 16.8. The summed E-state index contributed by atoms with van der Waals surface area (Å²) in [5.41, 5.74) is 0.424. The molecule has 0 aromatic carbocycles. The van der Waals surface area contributed by atoms with Crippen LogP contribution in [-0.4, -0.2) is 69.8 Å². The molecule has 1 aliphatic rings. The van der Waals surface area contributed by atoms with Crippen LogP contribution in [0, 0.1) is 0 Å². The minimum absolute atomic E-state index is 0.141. The van der Waals surface area contributed by atoms with Gasteiger partial charge in [0.25, 0.3) is 5.91 Å². The van der Waals surface area contributed by atoms with Crippen molar-refractivity contribution in [2.45, 2.75) is 13.1 Å². The molecule has 3 rings (SSSR count). The molecule has 0 unspecified atom stereocenters. The van der Waals surface area contributed by atoms with Crippen LogP contribution in [0.1, 0.15) is 16.9 Å². The predicted molar refractivity (Wildman–Crippen MR) is 91.8 cm³/mol. The van der Waals surface area contributed by atoms with Crippen LogP contribution in [0.3, 0.4) is 0 Å². The molecule has 1 saturated heterocycles. The molecular formula is C15H21BrN6O2. The van der Waals surface area contributed by atoms with Crippen LogP contribution in [-0.2, 0) is 11.4 Å². The average molecular weight is 397 g/mol. The first-order valence-corrected chi connectivity index (χ1v) is 8.80. The second kappa shape index (κ2) is 8.41. The molecule has 24 heavy (non-hydrogen) atoms. The molecule has 8 nitrogen and oxygen atoms in total. The van der Waals surface area contributed by atoms with Crippen molar-refractivity contribution < 1.29 is 9.53 Å². The fourth-order valence-electron chi connectivity index (χ4n) is 2.55. The number of amides is 1. The van der Waals surface area contributed by atoms with Crippen LogP contribution in [0.25, 0.3) is 0 Å². The number of ether oxygens (including phenoxy) is 1. The summed E-state index contributed by atoms with van der Waals surface area (Å²) in [6.07, 6.45) is 6.27. The van der Waals surface area contributed by atoms with E-state index >= 15 is 0 Å². The van der Waals surface area contributed by atoms with E-state index < -0.39 is 0 Å². The molecule has 0 bridgehead atoms. The van der Waals surface area contributed by atoms with Crippen LogP contribution < -0.4 is 5.32 Å². The zero-order valence-electron chi connectivity index (χ0n) is 13.4. The minimum Gasteiger partial charge on any atom is -0.379 e. The summed E-state index contributed by atoms with van der Waals surface area (Å²) in [4.78, 5) is 14.5. The molecule has 1 aliphatic heterocycles. The summed E-state index contributed by atoms with van der Waals surface area (Å²) >= 11 is 3.35. The Morgan fingerprint density at radius 1 is 1.33 bits per heavy atom. The van der Waals surface area contributed by atoms with Gasteiger partial charge in [0.2, 0.25) is 0 Å². The lowest BCUT2D eigenvalue weighted by Crippen LogP contribution is -2.38. The van der Waals surface area contributed by atoms with E-state index in [4.69, 9.17) is 4.74 Å². The normalized spacial score (nSPS) is 15.5. The van der Waals surface area contributed by atoms with Crippen LogP contribution in [0.15, 0.2) is 29.1 Å². The van der Waals surface area contributed by atoms with Crippen molar-refractivity contribution in [2.75, 3.05) is 39.4 Å². The number of hydrogen-bond donors (Lipinski definition) is 1. The molecule has 9 heteroatoms. The Hall–Kier alpha value is -1.71. The lowest BCUT2D eigenvalue weighted by Gasteiger charge is -2.26. The fourth-order valence-corrected chi connectivity index (χ4v) is 2.87. The van der Waals surface area contributed by atoms with Gasteiger partial charge in [-0.25, -0.2) is 4.68 Å². The summed E-state index contributed by atoms with van der Waals surface area (Å²) in [6, 6.07) is 1.72. The lowest BCUT2D eigenvalue weighted by molar-refractivity contribution is 0.0374. The Labute approximate surface area is 148 Å². The van der Waals surface area contributed by atoms with Crippen molar-refractivity contribution in [3.8, 4) is 0 Å². The van der Waals surface area contributed by atoms with Gasteiger partial charge in [-0.2, -0.15) is 10.2 Å². The summed E-state index contributed by atoms with van der Waals surface area (Å²) in [5.74, 6) is -0.141. The highest BCUT2D eigenvalue weighted by Gasteiger charge is 2.11. The molecule has 0 spiro atoms. The summed E-state index contributed by atoms with van der Waals surface area (Å²) in [5, 5.41) is 11.4. The van der Waals surface area contributed by atoms with E-state index in [-0.39, 0.29) is 5.91 Å². The maximum atomic E-state index is 12.1. The van der Waals surface area contributed by atoms with Crippen molar-refractivity contribution in [2.24, 2.45) is 0 Å². The molecular weight excluding hydrogens is 376 g/mol. The number of carbonyl (C=O) groups excluding carboxylic acids is 1. The van der Waals surface area contributed by atoms with Crippen LogP contribution >= 0.6 is 15.9 Å². The van der Waals surface area contributed by atoms with Gasteiger partial charge in [-0.3, -0.25) is 14.4 Å². The Morgan fingerprint density at radius 3 is 2.92 bits per heavy atom. The molecule has 2 aromatic rings. The number of aromatic nitrogens is 4. The monoisotopic (exact) mass is 396 g/mol. The van der Waals surface area contributed by atoms with Crippen LogP contribution in [0.2, 0.25) is 0 Å². The number of rotatable bonds is 7. The van der Waals surface area contributed by atoms with Crippen molar-refractivity contribution in [1.82, 2.24) is 29.8 Å². The molecule has 130 valence electrons. The molecule has 0 aliphatic carbocycles. The molecule has 2 aromatic heterocycles. The highest BCUT2D eigenvalue weighted by Crippen LogP contribution is 2.06. The molecule has 1 amide bonds. The molecule has 0 radical (unpaired) electrons. The largest absolute Gasteiger partial charge is 0.379 e. The number of nitrogens with zero attached hydrogens (tertiary/aromatic N) is 5. The SMILES string of the molecule is O=C(NCCCN1CCOCC1)c1ccn(Cn2cc(Br)cn2)n1. The van der Waals surface area contributed by atoms with E-state index in [1.54, 1.807) is 27.8 Å². The van der Waals surface area contributed by atoms with E-state index in [2.05, 4.69) is 36.3 Å². The minimum atomic E-state index is -0.141. The quantitative estimate of drug-likeness (QED) is 0.700. The van der Waals surface area contributed by atoms with Crippen LogP contribution in [0.5, 0.6) is 0 Å². The number of morpholine rings is 1. The maximum Gasteiger partial charge on any atom is 0.271 e. The van der Waals surface area contributed by atoms with E-state index in [1.807, 2.05) is 6.20 Å². The maximum absolute atomic E-state index is 12.1. The smallest absolute Gasteiger partial charge is 0.271 e. The zero-order valence-corrected chi connectivity index (χ0v) is 15.0. The second-order valence-electron chi connectivity index (χ2n) is 5.64. The Kier molecular flexibility index (Phi) is 6.00. The summed E-state index contributed by atoms with van der Waals surface area (Å²) in [7, 11) is 0. The van der Waals surface area contributed by atoms with Gasteiger partial charge < -0.3 is 10.1 Å². The highest BCUT2D eigenvalue weighted by molar-refractivity contribution is 9.10. The third-order valence-corrected chi connectivity index (χ3v) is 4.21. The van der Waals surface area contributed by atoms with Crippen molar-refractivity contribution in [3.63, 3.8) is 0 Å². The van der Waals surface area contributed by atoms with Gasteiger partial charge in [0.15, 0.2) is 0 Å². The number of hydrogen-bond acceptors (Lipinski definition) is 5. The van der Waals surface area contributed by atoms with Crippen molar-refractivity contribution in [1.29, 1.82) is 0 Å². The number of halogens is 1. The van der Waals surface area contributed by atoms with E-state index in [9.17, 15) is 4.79 Å². The Balaban J connectivity index is 1.40. The predicted octanol–water partition coefficient (Wildman–Crippen LogP) is 0.800. The number of carbonyl (C=O) groups is 1. The lowest BCUT2D eigenvalue weighted by atomic mass is 10.3. The average Bonchev–Trinajstić information content (AvgIpc) is 3.22. The summed E-state index contributed by atoms with van der Waals surface area (Å²) in [6.45, 7) is 5.65. The van der Waals surface area contributed by atoms with Crippen LogP contribution in [0.4, 0.5) is 0 Å². The molecule has 1 fully saturated rings. The van der Waals surface area contributed by atoms with Gasteiger partial charge in [-0.1, -0.05) is 0 Å². The van der Waals surface area contributed by atoms with Crippen molar-refractivity contribution >= 4 is 21.8 Å². The fraction of sp³-hybridized carbons (Fsp3) is 0.533. The third kappa shape index (κ3) is 4.89. The highest BCUT2D eigenvalue weighted by atomic mass is 79.9.